The van der Waals surface area contributed by atoms with Crippen molar-refractivity contribution in [1.29, 1.82) is 0 Å². The topological polar surface area (TPSA) is 73.4 Å². The molecule has 0 bridgehead atoms. The van der Waals surface area contributed by atoms with Crippen LogP contribution in [0.1, 0.15) is 41.4 Å². The van der Waals surface area contributed by atoms with E-state index < -0.39 is 5.97 Å². The van der Waals surface area contributed by atoms with Crippen LogP contribution in [0.2, 0.25) is 0 Å². The van der Waals surface area contributed by atoms with Crippen LogP contribution < -0.4 is 0 Å². The van der Waals surface area contributed by atoms with Crippen molar-refractivity contribution in [3.05, 3.63) is 59.8 Å². The Bertz CT molecular complexity index is 948. The monoisotopic (exact) mass is 412 g/mol. The van der Waals surface area contributed by atoms with Crippen LogP contribution >= 0.6 is 11.8 Å². The van der Waals surface area contributed by atoms with Crippen molar-refractivity contribution in [3.63, 3.8) is 0 Å². The van der Waals surface area contributed by atoms with Gasteiger partial charge in [-0.15, -0.1) is 10.2 Å². The number of likely N-dealkylation sites (tertiary alicyclic amines) is 1. The molecule has 0 saturated carbocycles. The first-order chi connectivity index (χ1) is 14.2. The molecule has 0 spiro atoms. The van der Waals surface area contributed by atoms with Crippen molar-refractivity contribution in [3.8, 4) is 5.69 Å². The lowest BCUT2D eigenvalue weighted by atomic mass is 10.1. The van der Waals surface area contributed by atoms with Crippen LogP contribution in [0.25, 0.3) is 5.69 Å². The van der Waals surface area contributed by atoms with Crippen LogP contribution in [0.3, 0.4) is 0 Å². The van der Waals surface area contributed by atoms with Crippen LogP contribution in [0.5, 0.6) is 0 Å². The van der Waals surface area contributed by atoms with E-state index in [9.17, 15) is 4.79 Å². The number of hydrogen-bond acceptors (Lipinski definition) is 7. The van der Waals surface area contributed by atoms with Gasteiger partial charge in [-0.25, -0.2) is 4.79 Å². The van der Waals surface area contributed by atoms with E-state index in [1.165, 1.54) is 38.1 Å². The molecule has 1 aromatic carbocycles. The third kappa shape index (κ3) is 4.71. The number of rotatable bonds is 7. The number of benzene rings is 1. The molecule has 1 aliphatic heterocycles. The molecule has 29 heavy (non-hydrogen) atoms. The molecule has 7 nitrogen and oxygen atoms in total. The maximum absolute atomic E-state index is 11.6. The summed E-state index contributed by atoms with van der Waals surface area (Å²) in [5.41, 5.74) is 1.04. The summed E-state index contributed by atoms with van der Waals surface area (Å²) in [6.45, 7) is 3.00. The SMILES string of the molecule is COC(=O)c1ccc(CSc2nnc(CN3CCCCC3)n2-c2ccccc2)o1. The van der Waals surface area contributed by atoms with Crippen molar-refractivity contribution < 1.29 is 13.9 Å². The minimum atomic E-state index is -0.475. The highest BCUT2D eigenvalue weighted by Gasteiger charge is 2.19. The van der Waals surface area contributed by atoms with E-state index in [0.29, 0.717) is 11.5 Å². The lowest BCUT2D eigenvalue weighted by Crippen LogP contribution is -2.30. The normalized spacial score (nSPS) is 14.8. The van der Waals surface area contributed by atoms with Crippen molar-refractivity contribution >= 4 is 17.7 Å². The number of esters is 1. The first-order valence-electron chi connectivity index (χ1n) is 9.76. The van der Waals surface area contributed by atoms with E-state index in [-0.39, 0.29) is 5.76 Å². The Morgan fingerprint density at radius 1 is 1.10 bits per heavy atom. The summed E-state index contributed by atoms with van der Waals surface area (Å²) < 4.78 is 12.4. The highest BCUT2D eigenvalue weighted by atomic mass is 32.2. The first-order valence-corrected chi connectivity index (χ1v) is 10.7. The van der Waals surface area contributed by atoms with E-state index in [2.05, 4.69) is 31.8 Å². The third-order valence-electron chi connectivity index (χ3n) is 4.92. The fraction of sp³-hybridized carbons (Fsp3) is 0.381. The molecule has 8 heteroatoms. The molecule has 0 N–H and O–H groups in total. The van der Waals surface area contributed by atoms with E-state index in [1.54, 1.807) is 12.1 Å². The predicted octanol–water partition coefficient (Wildman–Crippen LogP) is 3.93. The van der Waals surface area contributed by atoms with E-state index in [1.807, 2.05) is 18.2 Å². The molecule has 1 fully saturated rings. The first kappa shape index (κ1) is 19.7. The lowest BCUT2D eigenvalue weighted by molar-refractivity contribution is 0.0563. The molecule has 0 atom stereocenters. The summed E-state index contributed by atoms with van der Waals surface area (Å²) in [4.78, 5) is 14.0. The largest absolute Gasteiger partial charge is 0.463 e. The summed E-state index contributed by atoms with van der Waals surface area (Å²) in [6.07, 6.45) is 3.78. The molecule has 1 aliphatic rings. The van der Waals surface area contributed by atoms with Gasteiger partial charge in [-0.05, 0) is 50.2 Å². The second-order valence-corrected chi connectivity index (χ2v) is 7.90. The van der Waals surface area contributed by atoms with Crippen molar-refractivity contribution in [2.75, 3.05) is 20.2 Å². The number of methoxy groups -OCH3 is 1. The molecule has 0 radical (unpaired) electrons. The number of thioether (sulfide) groups is 1. The third-order valence-corrected chi connectivity index (χ3v) is 5.87. The molecule has 0 aliphatic carbocycles. The maximum Gasteiger partial charge on any atom is 0.373 e. The Balaban J connectivity index is 1.54. The molecule has 4 rings (SSSR count). The van der Waals surface area contributed by atoms with Gasteiger partial charge in [0.1, 0.15) is 5.76 Å². The Kier molecular flexibility index (Phi) is 6.31. The Morgan fingerprint density at radius 3 is 2.66 bits per heavy atom. The van der Waals surface area contributed by atoms with Crippen LogP contribution in [0.15, 0.2) is 52.0 Å². The number of ether oxygens (including phenoxy) is 1. The summed E-state index contributed by atoms with van der Waals surface area (Å²) >= 11 is 1.54. The minimum Gasteiger partial charge on any atom is -0.463 e. The summed E-state index contributed by atoms with van der Waals surface area (Å²) in [6, 6.07) is 13.6. The Morgan fingerprint density at radius 2 is 1.90 bits per heavy atom. The van der Waals surface area contributed by atoms with Gasteiger partial charge in [-0.1, -0.05) is 36.4 Å². The van der Waals surface area contributed by atoms with Gasteiger partial charge >= 0.3 is 5.97 Å². The van der Waals surface area contributed by atoms with Gasteiger partial charge in [0.05, 0.1) is 19.4 Å². The van der Waals surface area contributed by atoms with E-state index >= 15 is 0 Å². The number of carbonyl (C=O) groups is 1. The van der Waals surface area contributed by atoms with Gasteiger partial charge in [0.15, 0.2) is 11.0 Å². The summed E-state index contributed by atoms with van der Waals surface area (Å²) in [5.74, 6) is 1.91. The quantitative estimate of drug-likeness (QED) is 0.430. The second-order valence-electron chi connectivity index (χ2n) is 6.95. The number of furan rings is 1. The average Bonchev–Trinajstić information content (AvgIpc) is 3.40. The number of carbonyl (C=O) groups excluding carboxylic acids is 1. The molecule has 0 amide bonds. The van der Waals surface area contributed by atoms with E-state index in [0.717, 1.165) is 36.3 Å². The maximum atomic E-state index is 11.6. The van der Waals surface area contributed by atoms with Gasteiger partial charge < -0.3 is 9.15 Å². The molecule has 1 saturated heterocycles. The number of hydrogen-bond donors (Lipinski definition) is 0. The van der Waals surface area contributed by atoms with Crippen LogP contribution in [0.4, 0.5) is 0 Å². The average molecular weight is 413 g/mol. The van der Waals surface area contributed by atoms with Crippen LogP contribution in [0, 0.1) is 0 Å². The number of piperidine rings is 1. The second kappa shape index (κ2) is 9.28. The summed E-state index contributed by atoms with van der Waals surface area (Å²) in [5, 5.41) is 9.74. The van der Waals surface area contributed by atoms with Crippen LogP contribution in [-0.2, 0) is 17.0 Å². The number of para-hydroxylation sites is 1. The highest BCUT2D eigenvalue weighted by Crippen LogP contribution is 2.27. The van der Waals surface area contributed by atoms with Crippen LogP contribution in [-0.4, -0.2) is 45.8 Å². The fourth-order valence-corrected chi connectivity index (χ4v) is 4.32. The molecule has 2 aromatic heterocycles. The number of nitrogens with zero attached hydrogens (tertiary/aromatic N) is 4. The molecule has 152 valence electrons. The molecular weight excluding hydrogens is 388 g/mol. The van der Waals surface area contributed by atoms with E-state index in [4.69, 9.17) is 9.15 Å². The molecular formula is C21H24N4O3S. The highest BCUT2D eigenvalue weighted by molar-refractivity contribution is 7.98. The summed E-state index contributed by atoms with van der Waals surface area (Å²) in [7, 11) is 1.34. The molecule has 3 aromatic rings. The zero-order valence-electron chi connectivity index (χ0n) is 16.4. The Hall–Kier alpha value is -2.58. The minimum absolute atomic E-state index is 0.207. The van der Waals surface area contributed by atoms with Gasteiger partial charge in [-0.2, -0.15) is 0 Å². The standard InChI is InChI=1S/C21H24N4O3S/c1-27-20(26)18-11-10-17(28-18)15-29-21-23-22-19(14-24-12-6-3-7-13-24)25(21)16-8-4-2-5-9-16/h2,4-5,8-11H,3,6-7,12-15H2,1H3. The zero-order valence-corrected chi connectivity index (χ0v) is 17.2. The predicted molar refractivity (Wildman–Crippen MR) is 110 cm³/mol. The van der Waals surface area contributed by atoms with Gasteiger partial charge in [0.2, 0.25) is 5.76 Å². The van der Waals surface area contributed by atoms with Gasteiger partial charge in [-0.3, -0.25) is 9.47 Å². The lowest BCUT2D eigenvalue weighted by Gasteiger charge is -2.26. The van der Waals surface area contributed by atoms with Gasteiger partial charge in [0.25, 0.3) is 0 Å². The Labute approximate surface area is 174 Å². The van der Waals surface area contributed by atoms with Gasteiger partial charge in [0, 0.05) is 5.69 Å². The molecule has 0 unspecified atom stereocenters. The number of aromatic nitrogens is 3. The zero-order chi connectivity index (χ0) is 20.1. The fourth-order valence-electron chi connectivity index (χ4n) is 3.45. The molecule has 3 heterocycles. The van der Waals surface area contributed by atoms with Crippen molar-refractivity contribution in [1.82, 2.24) is 19.7 Å². The van der Waals surface area contributed by atoms with Crippen molar-refractivity contribution in [2.24, 2.45) is 0 Å². The van der Waals surface area contributed by atoms with Crippen molar-refractivity contribution in [2.45, 2.75) is 36.7 Å². The smallest absolute Gasteiger partial charge is 0.373 e.